The van der Waals surface area contributed by atoms with Crippen molar-refractivity contribution in [3.63, 3.8) is 0 Å². The average molecular weight is 310 g/mol. The number of benzene rings is 2. The Labute approximate surface area is 136 Å². The number of carboxylic acid groups (broad SMARTS) is 1. The summed E-state index contributed by atoms with van der Waals surface area (Å²) >= 11 is 0. The van der Waals surface area contributed by atoms with Crippen LogP contribution in [0.15, 0.2) is 60.7 Å². The minimum absolute atomic E-state index is 0.167. The predicted octanol–water partition coefficient (Wildman–Crippen LogP) is 3.51. The summed E-state index contributed by atoms with van der Waals surface area (Å²) in [6, 6.07) is 21.3. The predicted molar refractivity (Wildman–Crippen MR) is 90.5 cm³/mol. The average Bonchev–Trinajstić information content (AvgIpc) is 3.03. The van der Waals surface area contributed by atoms with Crippen LogP contribution >= 0.6 is 0 Å². The summed E-state index contributed by atoms with van der Waals surface area (Å²) in [5.41, 5.74) is 2.50. The molecule has 120 valence electrons. The molecule has 1 heterocycles. The van der Waals surface area contributed by atoms with E-state index in [2.05, 4.69) is 58.7 Å². The van der Waals surface area contributed by atoms with Crippen LogP contribution in [0.25, 0.3) is 0 Å². The molecule has 0 aliphatic carbocycles. The highest BCUT2D eigenvalue weighted by Crippen LogP contribution is 2.34. The third kappa shape index (κ3) is 3.71. The van der Waals surface area contributed by atoms with Crippen molar-refractivity contribution in [1.82, 2.24) is 10.2 Å². The van der Waals surface area contributed by atoms with Crippen LogP contribution in [0.1, 0.15) is 30.0 Å². The van der Waals surface area contributed by atoms with Crippen molar-refractivity contribution in [2.24, 2.45) is 0 Å². The molecule has 0 radical (unpaired) electrons. The van der Waals surface area contributed by atoms with Crippen molar-refractivity contribution in [2.75, 3.05) is 13.1 Å². The van der Waals surface area contributed by atoms with Gasteiger partial charge in [-0.25, -0.2) is 4.79 Å². The Balaban J connectivity index is 1.90. The Hall–Kier alpha value is -2.33. The highest BCUT2D eigenvalue weighted by Gasteiger charge is 2.32. The van der Waals surface area contributed by atoms with Crippen LogP contribution in [-0.2, 0) is 0 Å². The summed E-state index contributed by atoms with van der Waals surface area (Å²) in [7, 11) is 0. The van der Waals surface area contributed by atoms with Crippen LogP contribution in [0.5, 0.6) is 0 Å². The molecule has 0 bridgehead atoms. The molecular weight excluding hydrogens is 288 g/mol. The van der Waals surface area contributed by atoms with Gasteiger partial charge in [0.25, 0.3) is 0 Å². The molecule has 1 aliphatic heterocycles. The zero-order chi connectivity index (χ0) is 16.1. The molecule has 0 aromatic heterocycles. The Morgan fingerprint density at radius 3 is 2.17 bits per heavy atom. The second kappa shape index (κ2) is 7.29. The van der Waals surface area contributed by atoms with Gasteiger partial charge in [0.15, 0.2) is 0 Å². The SMILES string of the molecule is O=C(O)NCC1CCCN1C(c1ccccc1)c1ccccc1. The molecule has 4 heteroatoms. The van der Waals surface area contributed by atoms with Gasteiger partial charge < -0.3 is 10.4 Å². The minimum atomic E-state index is -0.951. The van der Waals surface area contributed by atoms with E-state index in [1.807, 2.05) is 12.1 Å². The first-order valence-corrected chi connectivity index (χ1v) is 8.08. The molecule has 1 fully saturated rings. The first-order chi connectivity index (χ1) is 11.3. The summed E-state index contributed by atoms with van der Waals surface area (Å²) in [6.07, 6.45) is 1.17. The van der Waals surface area contributed by atoms with E-state index in [-0.39, 0.29) is 12.1 Å². The van der Waals surface area contributed by atoms with Crippen molar-refractivity contribution in [3.8, 4) is 0 Å². The fourth-order valence-corrected chi connectivity index (χ4v) is 3.47. The van der Waals surface area contributed by atoms with Gasteiger partial charge in [0.1, 0.15) is 0 Å². The zero-order valence-electron chi connectivity index (χ0n) is 13.1. The van der Waals surface area contributed by atoms with E-state index >= 15 is 0 Å². The number of amides is 1. The molecule has 0 spiro atoms. The van der Waals surface area contributed by atoms with Crippen LogP contribution in [-0.4, -0.2) is 35.2 Å². The summed E-state index contributed by atoms with van der Waals surface area (Å²) in [5.74, 6) is 0. The minimum Gasteiger partial charge on any atom is -0.465 e. The Morgan fingerprint density at radius 2 is 1.65 bits per heavy atom. The molecule has 0 saturated carbocycles. The van der Waals surface area contributed by atoms with E-state index in [0.717, 1.165) is 19.4 Å². The number of rotatable bonds is 5. The van der Waals surface area contributed by atoms with Gasteiger partial charge in [-0.15, -0.1) is 0 Å². The molecule has 3 rings (SSSR count). The molecule has 4 nitrogen and oxygen atoms in total. The maximum atomic E-state index is 10.8. The van der Waals surface area contributed by atoms with Gasteiger partial charge in [0, 0.05) is 12.6 Å². The monoisotopic (exact) mass is 310 g/mol. The van der Waals surface area contributed by atoms with Gasteiger partial charge in [0.2, 0.25) is 0 Å². The van der Waals surface area contributed by atoms with Crippen molar-refractivity contribution in [2.45, 2.75) is 24.9 Å². The van der Waals surface area contributed by atoms with Gasteiger partial charge in [-0.2, -0.15) is 0 Å². The molecule has 2 aromatic rings. The van der Waals surface area contributed by atoms with Crippen LogP contribution in [0.2, 0.25) is 0 Å². The topological polar surface area (TPSA) is 52.6 Å². The third-order valence-corrected chi connectivity index (χ3v) is 4.47. The van der Waals surface area contributed by atoms with E-state index < -0.39 is 6.09 Å². The largest absolute Gasteiger partial charge is 0.465 e. The van der Waals surface area contributed by atoms with E-state index in [9.17, 15) is 4.79 Å². The number of hydrogen-bond acceptors (Lipinski definition) is 2. The second-order valence-electron chi connectivity index (χ2n) is 5.94. The summed E-state index contributed by atoms with van der Waals surface area (Å²) < 4.78 is 0. The van der Waals surface area contributed by atoms with E-state index in [1.54, 1.807) is 0 Å². The fraction of sp³-hybridized carbons (Fsp3) is 0.316. The molecule has 23 heavy (non-hydrogen) atoms. The smallest absolute Gasteiger partial charge is 0.404 e. The van der Waals surface area contributed by atoms with Gasteiger partial charge in [-0.3, -0.25) is 4.90 Å². The first kappa shape index (κ1) is 15.6. The number of carbonyl (C=O) groups is 1. The van der Waals surface area contributed by atoms with Gasteiger partial charge in [0.05, 0.1) is 6.04 Å². The number of likely N-dealkylation sites (tertiary alicyclic amines) is 1. The van der Waals surface area contributed by atoms with Gasteiger partial charge in [-0.05, 0) is 30.5 Å². The van der Waals surface area contributed by atoms with E-state index in [1.165, 1.54) is 11.1 Å². The van der Waals surface area contributed by atoms with E-state index in [0.29, 0.717) is 6.54 Å². The Bertz CT molecular complexity index is 591. The van der Waals surface area contributed by atoms with Crippen molar-refractivity contribution >= 4 is 6.09 Å². The third-order valence-electron chi connectivity index (χ3n) is 4.47. The Kier molecular flexibility index (Phi) is 4.93. The Morgan fingerprint density at radius 1 is 1.09 bits per heavy atom. The quantitative estimate of drug-likeness (QED) is 0.888. The number of nitrogens with zero attached hydrogens (tertiary/aromatic N) is 1. The first-order valence-electron chi connectivity index (χ1n) is 8.08. The highest BCUT2D eigenvalue weighted by atomic mass is 16.4. The van der Waals surface area contributed by atoms with Gasteiger partial charge >= 0.3 is 6.09 Å². The van der Waals surface area contributed by atoms with Gasteiger partial charge in [-0.1, -0.05) is 60.7 Å². The lowest BCUT2D eigenvalue weighted by molar-refractivity contribution is 0.177. The summed E-state index contributed by atoms with van der Waals surface area (Å²) in [5, 5.41) is 11.5. The van der Waals surface area contributed by atoms with Crippen molar-refractivity contribution in [3.05, 3.63) is 71.8 Å². The standard InChI is InChI=1S/C19H22N2O2/c22-19(23)20-14-17-12-7-13-21(17)18(15-8-3-1-4-9-15)16-10-5-2-6-11-16/h1-6,8-11,17-18,20H,7,12-14H2,(H,22,23). The summed E-state index contributed by atoms with van der Waals surface area (Å²) in [4.78, 5) is 13.3. The molecule has 2 aromatic carbocycles. The highest BCUT2D eigenvalue weighted by molar-refractivity contribution is 5.64. The van der Waals surface area contributed by atoms with Crippen LogP contribution in [0.3, 0.4) is 0 Å². The van der Waals surface area contributed by atoms with Crippen molar-refractivity contribution < 1.29 is 9.90 Å². The lowest BCUT2D eigenvalue weighted by atomic mass is 9.96. The number of hydrogen-bond donors (Lipinski definition) is 2. The maximum Gasteiger partial charge on any atom is 0.404 e. The lowest BCUT2D eigenvalue weighted by Gasteiger charge is -2.34. The van der Waals surface area contributed by atoms with Crippen LogP contribution in [0, 0.1) is 0 Å². The number of nitrogens with one attached hydrogen (secondary N) is 1. The van der Waals surface area contributed by atoms with E-state index in [4.69, 9.17) is 5.11 Å². The molecule has 2 N–H and O–H groups in total. The fourth-order valence-electron chi connectivity index (χ4n) is 3.47. The molecule has 1 amide bonds. The lowest BCUT2D eigenvalue weighted by Crippen LogP contribution is -2.41. The normalized spacial score (nSPS) is 18.2. The molecule has 1 saturated heterocycles. The molecule has 1 unspecified atom stereocenters. The molecule has 1 aliphatic rings. The van der Waals surface area contributed by atoms with Crippen molar-refractivity contribution in [1.29, 1.82) is 0 Å². The summed E-state index contributed by atoms with van der Waals surface area (Å²) in [6.45, 7) is 1.46. The second-order valence-corrected chi connectivity index (χ2v) is 5.94. The molecule has 1 atom stereocenters. The van der Waals surface area contributed by atoms with Crippen LogP contribution < -0.4 is 5.32 Å². The van der Waals surface area contributed by atoms with Crippen LogP contribution in [0.4, 0.5) is 4.79 Å². The maximum absolute atomic E-state index is 10.8. The zero-order valence-corrected chi connectivity index (χ0v) is 13.1. The molecular formula is C19H22N2O2.